The van der Waals surface area contributed by atoms with Gasteiger partial charge in [0, 0.05) is 0 Å². The van der Waals surface area contributed by atoms with Gasteiger partial charge in [-0.05, 0) is 48.9 Å². The van der Waals surface area contributed by atoms with Crippen LogP contribution in [0.3, 0.4) is 0 Å². The van der Waals surface area contributed by atoms with Crippen LogP contribution in [0.5, 0.6) is 0 Å². The van der Waals surface area contributed by atoms with E-state index in [2.05, 4.69) is 4.72 Å². The summed E-state index contributed by atoms with van der Waals surface area (Å²) in [6.45, 7) is 1.30. The van der Waals surface area contributed by atoms with Crippen molar-refractivity contribution in [3.05, 3.63) is 65.5 Å². The van der Waals surface area contributed by atoms with Gasteiger partial charge < -0.3 is 4.74 Å². The molecular weight excluding hydrogens is 347 g/mol. The first kappa shape index (κ1) is 18.6. The van der Waals surface area contributed by atoms with E-state index in [0.717, 1.165) is 24.3 Å². The lowest BCUT2D eigenvalue weighted by Gasteiger charge is -2.14. The second-order valence-corrected chi connectivity index (χ2v) is 6.93. The maximum Gasteiger partial charge on any atom is 0.324 e. The summed E-state index contributed by atoms with van der Waals surface area (Å²) in [5.41, 5.74) is 1.15. The topological polar surface area (TPSA) is 96.3 Å². The highest BCUT2D eigenvalue weighted by Gasteiger charge is 2.23. The van der Waals surface area contributed by atoms with Gasteiger partial charge in [-0.1, -0.05) is 12.1 Å². The van der Waals surface area contributed by atoms with Gasteiger partial charge in [-0.15, -0.1) is 0 Å². The number of halogens is 1. The number of benzene rings is 2. The molecule has 0 amide bonds. The second-order valence-electron chi connectivity index (χ2n) is 5.21. The first-order chi connectivity index (χ1) is 11.8. The fraction of sp³-hybridized carbons (Fsp3) is 0.176. The van der Waals surface area contributed by atoms with Gasteiger partial charge in [0.1, 0.15) is 18.5 Å². The van der Waals surface area contributed by atoms with Crippen LogP contribution in [0.2, 0.25) is 0 Å². The van der Waals surface area contributed by atoms with Crippen LogP contribution in [0, 0.1) is 17.1 Å². The number of nitrogens with one attached hydrogen (secondary N) is 1. The summed E-state index contributed by atoms with van der Waals surface area (Å²) in [6.07, 6.45) is 0. The highest BCUT2D eigenvalue weighted by Crippen LogP contribution is 2.11. The molecule has 8 heteroatoms. The molecular formula is C17H15FN2O4S. The molecule has 25 heavy (non-hydrogen) atoms. The summed E-state index contributed by atoms with van der Waals surface area (Å²) in [5, 5.41) is 8.72. The van der Waals surface area contributed by atoms with Crippen molar-refractivity contribution in [2.24, 2.45) is 0 Å². The number of nitrogens with zero attached hydrogens (tertiary/aromatic N) is 1. The second kappa shape index (κ2) is 7.88. The number of hydrogen-bond acceptors (Lipinski definition) is 5. The lowest BCUT2D eigenvalue weighted by molar-refractivity contribution is -0.146. The van der Waals surface area contributed by atoms with Gasteiger partial charge >= 0.3 is 5.97 Å². The third-order valence-electron chi connectivity index (χ3n) is 3.27. The van der Waals surface area contributed by atoms with Crippen LogP contribution < -0.4 is 4.72 Å². The zero-order valence-electron chi connectivity index (χ0n) is 13.3. The van der Waals surface area contributed by atoms with Gasteiger partial charge in [0.2, 0.25) is 10.0 Å². The average Bonchev–Trinajstić information content (AvgIpc) is 2.60. The number of nitriles is 1. The molecule has 0 aromatic heterocycles. The Bertz CT molecular complexity index is 888. The van der Waals surface area contributed by atoms with Crippen molar-refractivity contribution in [2.75, 3.05) is 0 Å². The Labute approximate surface area is 144 Å². The highest BCUT2D eigenvalue weighted by atomic mass is 32.2. The molecule has 0 spiro atoms. The van der Waals surface area contributed by atoms with E-state index in [4.69, 9.17) is 10.00 Å². The maximum atomic E-state index is 12.9. The minimum absolute atomic E-state index is 0.0485. The summed E-state index contributed by atoms with van der Waals surface area (Å²) in [6, 6.07) is 11.5. The van der Waals surface area contributed by atoms with E-state index in [-0.39, 0.29) is 11.5 Å². The zero-order chi connectivity index (χ0) is 18.4. The van der Waals surface area contributed by atoms with Crippen molar-refractivity contribution >= 4 is 16.0 Å². The summed E-state index contributed by atoms with van der Waals surface area (Å²) >= 11 is 0. The van der Waals surface area contributed by atoms with Gasteiger partial charge in [-0.3, -0.25) is 4.79 Å². The average molecular weight is 362 g/mol. The first-order valence-electron chi connectivity index (χ1n) is 7.25. The largest absolute Gasteiger partial charge is 0.460 e. The number of esters is 1. The molecule has 0 aliphatic heterocycles. The van der Waals surface area contributed by atoms with E-state index in [1.165, 1.54) is 6.92 Å². The van der Waals surface area contributed by atoms with Crippen molar-refractivity contribution in [1.82, 2.24) is 4.72 Å². The van der Waals surface area contributed by atoms with Gasteiger partial charge in [0.25, 0.3) is 0 Å². The van der Waals surface area contributed by atoms with Crippen LogP contribution in [0.15, 0.2) is 53.4 Å². The van der Waals surface area contributed by atoms with Gasteiger partial charge in [0.05, 0.1) is 16.5 Å². The molecule has 0 fully saturated rings. The van der Waals surface area contributed by atoms with Crippen molar-refractivity contribution in [3.8, 4) is 6.07 Å². The fourth-order valence-electron chi connectivity index (χ4n) is 1.92. The number of sulfonamides is 1. The number of carbonyl (C=O) groups excluding carboxylic acids is 1. The van der Waals surface area contributed by atoms with Gasteiger partial charge in [-0.25, -0.2) is 12.8 Å². The highest BCUT2D eigenvalue weighted by molar-refractivity contribution is 7.89. The summed E-state index contributed by atoms with van der Waals surface area (Å²) < 4.78 is 44.4. The molecule has 1 N–H and O–H groups in total. The molecule has 6 nitrogen and oxygen atoms in total. The monoisotopic (exact) mass is 362 g/mol. The third kappa shape index (κ3) is 5.11. The van der Waals surface area contributed by atoms with E-state index in [1.807, 2.05) is 6.07 Å². The smallest absolute Gasteiger partial charge is 0.324 e. The zero-order valence-corrected chi connectivity index (χ0v) is 14.1. The van der Waals surface area contributed by atoms with Crippen LogP contribution in [-0.2, 0) is 26.2 Å². The van der Waals surface area contributed by atoms with E-state index in [0.29, 0.717) is 11.1 Å². The summed E-state index contributed by atoms with van der Waals surface area (Å²) in [7, 11) is -3.97. The molecule has 1 atom stereocenters. The number of carbonyl (C=O) groups is 1. The molecule has 0 heterocycles. The third-order valence-corrected chi connectivity index (χ3v) is 4.83. The molecule has 0 saturated carbocycles. The van der Waals surface area contributed by atoms with Crippen LogP contribution in [-0.4, -0.2) is 20.4 Å². The van der Waals surface area contributed by atoms with Crippen LogP contribution in [0.25, 0.3) is 0 Å². The van der Waals surface area contributed by atoms with Crippen LogP contribution in [0.1, 0.15) is 18.1 Å². The minimum atomic E-state index is -3.97. The molecule has 0 unspecified atom stereocenters. The summed E-state index contributed by atoms with van der Waals surface area (Å²) in [4.78, 5) is 11.8. The number of rotatable bonds is 6. The molecule has 0 aliphatic rings. The number of hydrogen-bond donors (Lipinski definition) is 1. The first-order valence-corrected chi connectivity index (χ1v) is 8.74. The van der Waals surface area contributed by atoms with Crippen LogP contribution >= 0.6 is 0 Å². The summed E-state index contributed by atoms with van der Waals surface area (Å²) in [5.74, 6) is -1.32. The molecule has 0 bridgehead atoms. The van der Waals surface area contributed by atoms with Gasteiger partial charge in [-0.2, -0.15) is 9.98 Å². The molecule has 2 rings (SSSR count). The predicted octanol–water partition coefficient (Wildman–Crippen LogP) is 2.11. The Balaban J connectivity index is 1.95. The fourth-order valence-corrected chi connectivity index (χ4v) is 3.11. The van der Waals surface area contributed by atoms with E-state index >= 15 is 0 Å². The Morgan fingerprint density at radius 3 is 2.36 bits per heavy atom. The quantitative estimate of drug-likeness (QED) is 0.794. The lowest BCUT2D eigenvalue weighted by atomic mass is 10.2. The molecule has 130 valence electrons. The van der Waals surface area contributed by atoms with Crippen molar-refractivity contribution in [1.29, 1.82) is 5.26 Å². The van der Waals surface area contributed by atoms with Crippen molar-refractivity contribution < 1.29 is 22.3 Å². The maximum absolute atomic E-state index is 12.9. The lowest BCUT2D eigenvalue weighted by Crippen LogP contribution is -2.39. The van der Waals surface area contributed by atoms with E-state index in [9.17, 15) is 17.6 Å². The molecule has 0 radical (unpaired) electrons. The van der Waals surface area contributed by atoms with Crippen molar-refractivity contribution in [3.63, 3.8) is 0 Å². The Kier molecular flexibility index (Phi) is 5.85. The normalized spacial score (nSPS) is 12.2. The van der Waals surface area contributed by atoms with E-state index in [1.54, 1.807) is 24.3 Å². The number of ether oxygens (including phenoxy) is 1. The molecule has 2 aromatic carbocycles. The Morgan fingerprint density at radius 2 is 1.80 bits per heavy atom. The standard InChI is InChI=1S/C17H15FN2O4S/c1-12(20-25(22,23)16-8-6-15(18)7-9-16)17(21)24-11-14-4-2-13(10-19)3-5-14/h2-9,12,20H,11H2,1H3/t12-/m0/s1. The Hall–Kier alpha value is -2.76. The van der Waals surface area contributed by atoms with Gasteiger partial charge in [0.15, 0.2) is 0 Å². The minimum Gasteiger partial charge on any atom is -0.460 e. The molecule has 0 aliphatic carbocycles. The SMILES string of the molecule is C[C@H](NS(=O)(=O)c1ccc(F)cc1)C(=O)OCc1ccc(C#N)cc1. The predicted molar refractivity (Wildman–Crippen MR) is 87.1 cm³/mol. The van der Waals surface area contributed by atoms with Crippen LogP contribution in [0.4, 0.5) is 4.39 Å². The molecule has 2 aromatic rings. The van der Waals surface area contributed by atoms with E-state index < -0.39 is 27.9 Å². The van der Waals surface area contributed by atoms with Crippen molar-refractivity contribution in [2.45, 2.75) is 24.5 Å². The Morgan fingerprint density at radius 1 is 1.20 bits per heavy atom. The molecule has 0 saturated heterocycles.